The van der Waals surface area contributed by atoms with Crippen LogP contribution in [0, 0.1) is 0 Å². The Morgan fingerprint density at radius 1 is 1.07 bits per heavy atom. The maximum Gasteiger partial charge on any atom is 0.174 e. The van der Waals surface area contributed by atoms with Gasteiger partial charge in [-0.2, -0.15) is 0 Å². The lowest BCUT2D eigenvalue weighted by atomic mass is 10.1. The number of hydrogen-bond donors (Lipinski definition) is 0. The molecule has 15 heavy (non-hydrogen) atoms. The van der Waals surface area contributed by atoms with Gasteiger partial charge in [0.1, 0.15) is 11.3 Å². The molecular weight excluding hydrogens is 188 g/mol. The Morgan fingerprint density at radius 3 is 2.40 bits per heavy atom. The molecule has 0 amide bonds. The van der Waals surface area contributed by atoms with Gasteiger partial charge in [0.05, 0.1) is 12.0 Å². The third-order valence-electron chi connectivity index (χ3n) is 2.41. The number of nitrogens with zero attached hydrogens (tertiary/aromatic N) is 2. The molecule has 0 bridgehead atoms. The monoisotopic (exact) mass is 204 g/mol. The molecular formula is C12H16N2O. The largest absolute Gasteiger partial charge is 0.461 e. The molecule has 0 aromatic carbocycles. The van der Waals surface area contributed by atoms with E-state index in [4.69, 9.17) is 4.42 Å². The minimum Gasteiger partial charge on any atom is -0.461 e. The minimum absolute atomic E-state index is 0.349. The second-order valence-electron chi connectivity index (χ2n) is 4.41. The molecule has 0 radical (unpaired) electrons. The van der Waals surface area contributed by atoms with Crippen molar-refractivity contribution in [3.05, 3.63) is 23.8 Å². The SMILES string of the molecule is CC(C)c1nc(C(C)C)c2occc2n1. The molecule has 80 valence electrons. The van der Waals surface area contributed by atoms with Crippen LogP contribution in [0.25, 0.3) is 11.1 Å². The zero-order valence-corrected chi connectivity index (χ0v) is 9.61. The molecule has 2 rings (SSSR count). The summed E-state index contributed by atoms with van der Waals surface area (Å²) in [6.07, 6.45) is 1.68. The van der Waals surface area contributed by atoms with Crippen LogP contribution in [0.3, 0.4) is 0 Å². The van der Waals surface area contributed by atoms with Crippen LogP contribution >= 0.6 is 0 Å². The van der Waals surface area contributed by atoms with Crippen LogP contribution < -0.4 is 0 Å². The maximum absolute atomic E-state index is 5.42. The molecule has 0 aliphatic carbocycles. The van der Waals surface area contributed by atoms with Crippen molar-refractivity contribution in [1.29, 1.82) is 0 Å². The highest BCUT2D eigenvalue weighted by molar-refractivity contribution is 5.75. The average Bonchev–Trinajstić information content (AvgIpc) is 2.62. The van der Waals surface area contributed by atoms with Crippen molar-refractivity contribution in [2.45, 2.75) is 39.5 Å². The standard InChI is InChI=1S/C12H16N2O/c1-7(2)10-11-9(5-6-15-11)13-12(14-10)8(3)4/h5-8H,1-4H3. The zero-order valence-electron chi connectivity index (χ0n) is 9.61. The van der Waals surface area contributed by atoms with Gasteiger partial charge in [-0.25, -0.2) is 9.97 Å². The molecule has 2 aromatic rings. The summed E-state index contributed by atoms with van der Waals surface area (Å²) in [4.78, 5) is 9.04. The second kappa shape index (κ2) is 3.65. The summed E-state index contributed by atoms with van der Waals surface area (Å²) in [5, 5.41) is 0. The predicted octanol–water partition coefficient (Wildman–Crippen LogP) is 3.47. The van der Waals surface area contributed by atoms with Gasteiger partial charge in [-0.1, -0.05) is 27.7 Å². The maximum atomic E-state index is 5.42. The molecule has 3 heteroatoms. The minimum atomic E-state index is 0.349. The first-order valence-electron chi connectivity index (χ1n) is 5.34. The van der Waals surface area contributed by atoms with E-state index in [0.29, 0.717) is 11.8 Å². The topological polar surface area (TPSA) is 38.9 Å². The smallest absolute Gasteiger partial charge is 0.174 e. The fraction of sp³-hybridized carbons (Fsp3) is 0.500. The first kappa shape index (κ1) is 10.1. The molecule has 2 heterocycles. The summed E-state index contributed by atoms with van der Waals surface area (Å²) in [7, 11) is 0. The molecule has 0 saturated carbocycles. The molecule has 3 nitrogen and oxygen atoms in total. The Bertz CT molecular complexity index is 471. The average molecular weight is 204 g/mol. The fourth-order valence-electron chi connectivity index (χ4n) is 1.55. The normalized spacial score (nSPS) is 11.9. The third-order valence-corrected chi connectivity index (χ3v) is 2.41. The molecule has 0 aliphatic heterocycles. The van der Waals surface area contributed by atoms with E-state index in [1.165, 1.54) is 0 Å². The summed E-state index contributed by atoms with van der Waals surface area (Å²) in [5.74, 6) is 1.61. The van der Waals surface area contributed by atoms with Gasteiger partial charge in [-0.15, -0.1) is 0 Å². The van der Waals surface area contributed by atoms with Crippen LogP contribution in [-0.2, 0) is 0 Å². The Balaban J connectivity index is 2.69. The molecule has 0 aliphatic rings. The highest BCUT2D eigenvalue weighted by Gasteiger charge is 2.14. The summed E-state index contributed by atoms with van der Waals surface area (Å²) < 4.78 is 5.42. The van der Waals surface area contributed by atoms with E-state index in [-0.39, 0.29) is 0 Å². The van der Waals surface area contributed by atoms with Crippen molar-refractivity contribution >= 4 is 11.1 Å². The van der Waals surface area contributed by atoms with E-state index in [1.54, 1.807) is 6.26 Å². The molecule has 0 saturated heterocycles. The number of fused-ring (bicyclic) bond motifs is 1. The van der Waals surface area contributed by atoms with E-state index in [9.17, 15) is 0 Å². The highest BCUT2D eigenvalue weighted by Crippen LogP contribution is 2.25. The molecule has 0 unspecified atom stereocenters. The van der Waals surface area contributed by atoms with E-state index >= 15 is 0 Å². The Morgan fingerprint density at radius 2 is 1.80 bits per heavy atom. The van der Waals surface area contributed by atoms with Crippen molar-refractivity contribution in [3.63, 3.8) is 0 Å². The quantitative estimate of drug-likeness (QED) is 0.751. The number of hydrogen-bond acceptors (Lipinski definition) is 3. The Kier molecular flexibility index (Phi) is 2.47. The van der Waals surface area contributed by atoms with Crippen molar-refractivity contribution < 1.29 is 4.42 Å². The lowest BCUT2D eigenvalue weighted by molar-refractivity contribution is 0.598. The second-order valence-corrected chi connectivity index (χ2v) is 4.41. The van der Waals surface area contributed by atoms with Crippen LogP contribution in [0.5, 0.6) is 0 Å². The molecule has 2 aromatic heterocycles. The number of furan rings is 1. The first-order chi connectivity index (χ1) is 7.09. The van der Waals surface area contributed by atoms with Crippen molar-refractivity contribution in [1.82, 2.24) is 9.97 Å². The summed E-state index contributed by atoms with van der Waals surface area (Å²) in [6, 6.07) is 1.90. The van der Waals surface area contributed by atoms with Crippen molar-refractivity contribution in [2.75, 3.05) is 0 Å². The number of rotatable bonds is 2. The fourth-order valence-corrected chi connectivity index (χ4v) is 1.55. The van der Waals surface area contributed by atoms with Gasteiger partial charge in [-0.05, 0) is 5.92 Å². The van der Waals surface area contributed by atoms with Crippen LogP contribution in [0.2, 0.25) is 0 Å². The molecule has 0 N–H and O–H groups in total. The van der Waals surface area contributed by atoms with Crippen LogP contribution in [0.15, 0.2) is 16.7 Å². The molecule has 0 fully saturated rings. The zero-order chi connectivity index (χ0) is 11.0. The summed E-state index contributed by atoms with van der Waals surface area (Å²) in [5.41, 5.74) is 2.75. The van der Waals surface area contributed by atoms with Gasteiger partial charge in [0.15, 0.2) is 5.58 Å². The van der Waals surface area contributed by atoms with E-state index in [0.717, 1.165) is 22.6 Å². The van der Waals surface area contributed by atoms with Crippen molar-refractivity contribution in [2.24, 2.45) is 0 Å². The summed E-state index contributed by atoms with van der Waals surface area (Å²) >= 11 is 0. The van der Waals surface area contributed by atoms with Crippen LogP contribution in [-0.4, -0.2) is 9.97 Å². The van der Waals surface area contributed by atoms with Gasteiger partial charge in [0.2, 0.25) is 0 Å². The summed E-state index contributed by atoms with van der Waals surface area (Å²) in [6.45, 7) is 8.44. The first-order valence-corrected chi connectivity index (χ1v) is 5.34. The Hall–Kier alpha value is -1.38. The van der Waals surface area contributed by atoms with E-state index in [2.05, 4.69) is 37.7 Å². The predicted molar refractivity (Wildman–Crippen MR) is 60.0 cm³/mol. The van der Waals surface area contributed by atoms with Crippen LogP contribution in [0.1, 0.15) is 51.0 Å². The van der Waals surface area contributed by atoms with Gasteiger partial charge >= 0.3 is 0 Å². The lowest BCUT2D eigenvalue weighted by Gasteiger charge is -2.09. The van der Waals surface area contributed by atoms with Gasteiger partial charge in [0.25, 0.3) is 0 Å². The molecule has 0 atom stereocenters. The van der Waals surface area contributed by atoms with E-state index < -0.39 is 0 Å². The van der Waals surface area contributed by atoms with Gasteiger partial charge in [0, 0.05) is 12.0 Å². The van der Waals surface area contributed by atoms with Crippen LogP contribution in [0.4, 0.5) is 0 Å². The van der Waals surface area contributed by atoms with E-state index in [1.807, 2.05) is 6.07 Å². The third kappa shape index (κ3) is 1.74. The van der Waals surface area contributed by atoms with Gasteiger partial charge < -0.3 is 4.42 Å². The lowest BCUT2D eigenvalue weighted by Crippen LogP contribution is -2.03. The van der Waals surface area contributed by atoms with Crippen molar-refractivity contribution in [3.8, 4) is 0 Å². The highest BCUT2D eigenvalue weighted by atomic mass is 16.3. The number of aromatic nitrogens is 2. The van der Waals surface area contributed by atoms with Gasteiger partial charge in [-0.3, -0.25) is 0 Å². The molecule has 0 spiro atoms. The Labute approximate surface area is 89.5 Å².